The smallest absolute Gasteiger partial charge is 0.0539 e. The van der Waals surface area contributed by atoms with Crippen molar-refractivity contribution in [3.05, 3.63) is 42.1 Å². The van der Waals surface area contributed by atoms with Gasteiger partial charge in [-0.05, 0) is 37.8 Å². The Bertz CT molecular complexity index is 335. The van der Waals surface area contributed by atoms with E-state index in [9.17, 15) is 0 Å². The van der Waals surface area contributed by atoms with E-state index < -0.39 is 0 Å². The molecular weight excluding hydrogens is 232 g/mol. The standard InChI is InChI=1S/C14H20N2.ClH/c1-2-5-9-13(10-6-3-1)15-16-14-11-7-4-8-12-14;/h4,7-9,11-12,15-16H,1-3,5-6,10H2;1H. The molecule has 0 saturated carbocycles. The monoisotopic (exact) mass is 252 g/mol. The lowest BCUT2D eigenvalue weighted by atomic mass is 10.0. The van der Waals surface area contributed by atoms with E-state index in [2.05, 4.69) is 29.1 Å². The van der Waals surface area contributed by atoms with E-state index in [1.165, 1.54) is 44.2 Å². The van der Waals surface area contributed by atoms with Gasteiger partial charge in [0.15, 0.2) is 0 Å². The van der Waals surface area contributed by atoms with Gasteiger partial charge in [-0.3, -0.25) is 0 Å². The highest BCUT2D eigenvalue weighted by atomic mass is 35.5. The second-order valence-electron chi connectivity index (χ2n) is 4.30. The molecule has 17 heavy (non-hydrogen) atoms. The summed E-state index contributed by atoms with van der Waals surface area (Å²) in [5.41, 5.74) is 9.01. The maximum atomic E-state index is 3.32. The molecule has 0 radical (unpaired) electrons. The van der Waals surface area contributed by atoms with Crippen molar-refractivity contribution in [2.24, 2.45) is 0 Å². The number of hydrogen-bond donors (Lipinski definition) is 2. The van der Waals surface area contributed by atoms with Gasteiger partial charge >= 0.3 is 0 Å². The molecule has 0 aromatic heterocycles. The van der Waals surface area contributed by atoms with Gasteiger partial charge in [-0.15, -0.1) is 12.4 Å². The van der Waals surface area contributed by atoms with Crippen LogP contribution in [0.5, 0.6) is 0 Å². The Balaban J connectivity index is 0.00000144. The van der Waals surface area contributed by atoms with Crippen molar-refractivity contribution in [1.29, 1.82) is 0 Å². The van der Waals surface area contributed by atoms with Gasteiger partial charge in [-0.2, -0.15) is 0 Å². The number of halogens is 1. The van der Waals surface area contributed by atoms with Gasteiger partial charge in [0, 0.05) is 5.70 Å². The first-order valence-corrected chi connectivity index (χ1v) is 6.21. The van der Waals surface area contributed by atoms with Crippen LogP contribution in [0, 0.1) is 0 Å². The van der Waals surface area contributed by atoms with Crippen LogP contribution in [-0.4, -0.2) is 0 Å². The van der Waals surface area contributed by atoms with E-state index in [0.29, 0.717) is 0 Å². The van der Waals surface area contributed by atoms with Crippen molar-refractivity contribution in [3.8, 4) is 0 Å². The lowest BCUT2D eigenvalue weighted by molar-refractivity contribution is 0.609. The molecule has 94 valence electrons. The summed E-state index contributed by atoms with van der Waals surface area (Å²) >= 11 is 0. The summed E-state index contributed by atoms with van der Waals surface area (Å²) in [6.45, 7) is 0. The number of anilines is 1. The largest absolute Gasteiger partial charge is 0.305 e. The Labute approximate surface area is 110 Å². The van der Waals surface area contributed by atoms with Gasteiger partial charge in [0.1, 0.15) is 0 Å². The van der Waals surface area contributed by atoms with Crippen LogP contribution < -0.4 is 10.9 Å². The highest BCUT2D eigenvalue weighted by Crippen LogP contribution is 2.15. The molecule has 0 fully saturated rings. The van der Waals surface area contributed by atoms with Crippen molar-refractivity contribution in [3.63, 3.8) is 0 Å². The quantitative estimate of drug-likeness (QED) is 0.786. The summed E-state index contributed by atoms with van der Waals surface area (Å²) in [7, 11) is 0. The minimum atomic E-state index is 0. The second kappa shape index (κ2) is 8.02. The van der Waals surface area contributed by atoms with Crippen molar-refractivity contribution >= 4 is 18.1 Å². The molecule has 3 heteroatoms. The SMILES string of the molecule is C1=C(NNc2ccccc2)CCCCCC1.Cl. The fraction of sp³-hybridized carbons (Fsp3) is 0.429. The van der Waals surface area contributed by atoms with E-state index in [0.717, 1.165) is 5.69 Å². The number of benzene rings is 1. The molecule has 0 aliphatic heterocycles. The van der Waals surface area contributed by atoms with Crippen LogP contribution >= 0.6 is 12.4 Å². The molecule has 0 bridgehead atoms. The maximum Gasteiger partial charge on any atom is 0.0539 e. The van der Waals surface area contributed by atoms with Crippen LogP contribution in [0.2, 0.25) is 0 Å². The van der Waals surface area contributed by atoms with E-state index in [1.807, 2.05) is 18.2 Å². The Morgan fingerprint density at radius 2 is 1.59 bits per heavy atom. The number of allylic oxidation sites excluding steroid dienone is 2. The predicted octanol–water partition coefficient (Wildman–Crippen LogP) is 4.26. The first-order chi connectivity index (χ1) is 7.95. The lowest BCUT2D eigenvalue weighted by Gasteiger charge is -2.15. The maximum absolute atomic E-state index is 3.32. The van der Waals surface area contributed by atoms with Crippen LogP contribution in [0.25, 0.3) is 0 Å². The van der Waals surface area contributed by atoms with E-state index >= 15 is 0 Å². The number of hydrogen-bond acceptors (Lipinski definition) is 2. The van der Waals surface area contributed by atoms with Crippen LogP contribution in [0.15, 0.2) is 42.1 Å². The van der Waals surface area contributed by atoms with Crippen LogP contribution in [0.1, 0.15) is 38.5 Å². The summed E-state index contributed by atoms with van der Waals surface area (Å²) in [6, 6.07) is 10.2. The molecule has 0 heterocycles. The van der Waals surface area contributed by atoms with Crippen LogP contribution in [0.3, 0.4) is 0 Å². The van der Waals surface area contributed by atoms with Crippen LogP contribution in [0.4, 0.5) is 5.69 Å². The minimum Gasteiger partial charge on any atom is -0.305 e. The summed E-state index contributed by atoms with van der Waals surface area (Å²) in [6.07, 6.45) is 10.1. The summed E-state index contributed by atoms with van der Waals surface area (Å²) in [5.74, 6) is 0. The number of nitrogens with one attached hydrogen (secondary N) is 2. The molecule has 1 aliphatic rings. The van der Waals surface area contributed by atoms with Crippen LogP contribution in [-0.2, 0) is 0 Å². The third-order valence-electron chi connectivity index (χ3n) is 2.93. The topological polar surface area (TPSA) is 24.1 Å². The van der Waals surface area contributed by atoms with Crippen molar-refractivity contribution in [2.75, 3.05) is 5.43 Å². The Kier molecular flexibility index (Phi) is 6.56. The lowest BCUT2D eigenvalue weighted by Crippen LogP contribution is -2.21. The third-order valence-corrected chi connectivity index (χ3v) is 2.93. The second-order valence-corrected chi connectivity index (χ2v) is 4.30. The number of hydrazine groups is 1. The van der Waals surface area contributed by atoms with E-state index in [1.54, 1.807) is 0 Å². The molecule has 1 aliphatic carbocycles. The van der Waals surface area contributed by atoms with Crippen molar-refractivity contribution < 1.29 is 0 Å². The van der Waals surface area contributed by atoms with Crippen molar-refractivity contribution in [2.45, 2.75) is 38.5 Å². The van der Waals surface area contributed by atoms with Gasteiger partial charge in [0.05, 0.1) is 5.69 Å². The molecule has 1 aromatic rings. The van der Waals surface area contributed by atoms with Gasteiger partial charge in [0.2, 0.25) is 0 Å². The third kappa shape index (κ3) is 5.14. The minimum absolute atomic E-state index is 0. The molecule has 0 atom stereocenters. The molecule has 0 saturated heterocycles. The molecule has 0 spiro atoms. The van der Waals surface area contributed by atoms with Gasteiger partial charge < -0.3 is 10.9 Å². The Morgan fingerprint density at radius 1 is 0.824 bits per heavy atom. The highest BCUT2D eigenvalue weighted by Gasteiger charge is 2.00. The number of para-hydroxylation sites is 1. The number of rotatable bonds is 3. The molecule has 2 N–H and O–H groups in total. The average molecular weight is 253 g/mol. The molecule has 1 aromatic carbocycles. The molecule has 0 unspecified atom stereocenters. The van der Waals surface area contributed by atoms with Gasteiger partial charge in [-0.1, -0.05) is 37.1 Å². The summed E-state index contributed by atoms with van der Waals surface area (Å²) in [5, 5.41) is 0. The molecule has 2 nitrogen and oxygen atoms in total. The van der Waals surface area contributed by atoms with Gasteiger partial charge in [0.25, 0.3) is 0 Å². The molecule has 2 rings (SSSR count). The van der Waals surface area contributed by atoms with E-state index in [-0.39, 0.29) is 12.4 Å². The van der Waals surface area contributed by atoms with Crippen molar-refractivity contribution in [1.82, 2.24) is 5.43 Å². The molecule has 0 amide bonds. The highest BCUT2D eigenvalue weighted by molar-refractivity contribution is 5.85. The first kappa shape index (κ1) is 13.9. The first-order valence-electron chi connectivity index (χ1n) is 6.21. The zero-order valence-corrected chi connectivity index (χ0v) is 10.9. The normalized spacial score (nSPS) is 15.9. The fourth-order valence-electron chi connectivity index (χ4n) is 1.98. The van der Waals surface area contributed by atoms with E-state index in [4.69, 9.17) is 0 Å². The Morgan fingerprint density at radius 3 is 2.41 bits per heavy atom. The zero-order valence-electron chi connectivity index (χ0n) is 10.1. The zero-order chi connectivity index (χ0) is 11.1. The molecular formula is C14H21ClN2. The average Bonchev–Trinajstić information content (AvgIpc) is 2.29. The summed E-state index contributed by atoms with van der Waals surface area (Å²) < 4.78 is 0. The van der Waals surface area contributed by atoms with Gasteiger partial charge in [-0.25, -0.2) is 0 Å². The predicted molar refractivity (Wildman–Crippen MR) is 76.2 cm³/mol. The fourth-order valence-corrected chi connectivity index (χ4v) is 1.98. The Hall–Kier alpha value is -1.15. The summed E-state index contributed by atoms with van der Waals surface area (Å²) in [4.78, 5) is 0.